The number of amides is 2. The zero-order valence-electron chi connectivity index (χ0n) is 18.3. The Balaban J connectivity index is 1.84. The first kappa shape index (κ1) is 23.2. The molecular formula is C27H29FN2O2. The van der Waals surface area contributed by atoms with Gasteiger partial charge >= 0.3 is 0 Å². The normalized spacial score (nSPS) is 11.6. The standard InChI is InChI=1S/C27H29FN2O2/c1-2-9-25(31)30(20-22-14-16-24(28)17-15-22)26(23-12-7-4-8-13-23)27(32)29-19-18-21-10-5-3-6-11-21/h3-8,10-17,26H,2,9,18-20H2,1H3,(H,29,32). The molecule has 0 saturated heterocycles. The van der Waals surface area contributed by atoms with Crippen LogP contribution in [0, 0.1) is 5.82 Å². The van der Waals surface area contributed by atoms with Crippen molar-refractivity contribution in [2.45, 2.75) is 38.8 Å². The van der Waals surface area contributed by atoms with Gasteiger partial charge < -0.3 is 10.2 Å². The van der Waals surface area contributed by atoms with E-state index < -0.39 is 6.04 Å². The highest BCUT2D eigenvalue weighted by atomic mass is 19.1. The number of hydrogen-bond acceptors (Lipinski definition) is 2. The molecule has 3 aromatic rings. The zero-order chi connectivity index (χ0) is 22.8. The quantitative estimate of drug-likeness (QED) is 0.487. The third-order valence-electron chi connectivity index (χ3n) is 5.28. The molecule has 0 bridgehead atoms. The minimum atomic E-state index is -0.768. The molecule has 32 heavy (non-hydrogen) atoms. The van der Waals surface area contributed by atoms with Crippen molar-refractivity contribution >= 4 is 11.8 Å². The van der Waals surface area contributed by atoms with Gasteiger partial charge in [-0.1, -0.05) is 79.7 Å². The fourth-order valence-electron chi connectivity index (χ4n) is 3.65. The number of halogens is 1. The molecule has 5 heteroatoms. The summed E-state index contributed by atoms with van der Waals surface area (Å²) < 4.78 is 13.4. The predicted molar refractivity (Wildman–Crippen MR) is 124 cm³/mol. The highest BCUT2D eigenvalue weighted by Crippen LogP contribution is 2.25. The molecule has 1 unspecified atom stereocenters. The van der Waals surface area contributed by atoms with Gasteiger partial charge in [0.05, 0.1) is 0 Å². The molecule has 0 aliphatic rings. The third-order valence-corrected chi connectivity index (χ3v) is 5.28. The van der Waals surface area contributed by atoms with Crippen molar-refractivity contribution in [2.75, 3.05) is 6.54 Å². The first-order valence-corrected chi connectivity index (χ1v) is 11.0. The molecule has 0 heterocycles. The molecule has 0 aliphatic carbocycles. The molecule has 3 aromatic carbocycles. The van der Waals surface area contributed by atoms with Crippen LogP contribution in [0.1, 0.15) is 42.5 Å². The number of carbonyl (C=O) groups excluding carboxylic acids is 2. The summed E-state index contributed by atoms with van der Waals surface area (Å²) in [5, 5.41) is 3.01. The average Bonchev–Trinajstić information content (AvgIpc) is 2.81. The van der Waals surface area contributed by atoms with Crippen molar-refractivity contribution in [3.8, 4) is 0 Å². The molecule has 0 aromatic heterocycles. The largest absolute Gasteiger partial charge is 0.354 e. The van der Waals surface area contributed by atoms with Crippen LogP contribution in [0.15, 0.2) is 84.9 Å². The summed E-state index contributed by atoms with van der Waals surface area (Å²) in [5.74, 6) is -0.666. The van der Waals surface area contributed by atoms with Gasteiger partial charge in [-0.2, -0.15) is 0 Å². The van der Waals surface area contributed by atoms with Crippen LogP contribution in [-0.2, 0) is 22.6 Å². The van der Waals surface area contributed by atoms with Crippen molar-refractivity contribution < 1.29 is 14.0 Å². The van der Waals surface area contributed by atoms with Gasteiger partial charge in [0, 0.05) is 19.5 Å². The molecule has 2 amide bonds. The summed E-state index contributed by atoms with van der Waals surface area (Å²) in [5.41, 5.74) is 2.65. The lowest BCUT2D eigenvalue weighted by Gasteiger charge is -2.31. The summed E-state index contributed by atoms with van der Waals surface area (Å²) >= 11 is 0. The molecule has 1 N–H and O–H groups in total. The van der Waals surface area contributed by atoms with Gasteiger partial charge in [-0.15, -0.1) is 0 Å². The lowest BCUT2D eigenvalue weighted by molar-refractivity contribution is -0.141. The van der Waals surface area contributed by atoms with Crippen LogP contribution < -0.4 is 5.32 Å². The second-order valence-corrected chi connectivity index (χ2v) is 7.74. The van der Waals surface area contributed by atoms with Crippen molar-refractivity contribution in [3.05, 3.63) is 107 Å². The summed E-state index contributed by atoms with van der Waals surface area (Å²) in [4.78, 5) is 28.1. The van der Waals surface area contributed by atoms with Gasteiger partial charge in [-0.25, -0.2) is 4.39 Å². The van der Waals surface area contributed by atoms with Crippen molar-refractivity contribution in [3.63, 3.8) is 0 Å². The molecule has 0 saturated carbocycles. The minimum absolute atomic E-state index is 0.108. The number of nitrogens with zero attached hydrogens (tertiary/aromatic N) is 1. The molecule has 0 fully saturated rings. The molecule has 0 aliphatic heterocycles. The van der Waals surface area contributed by atoms with E-state index in [1.54, 1.807) is 17.0 Å². The highest BCUT2D eigenvalue weighted by Gasteiger charge is 2.30. The SMILES string of the molecule is CCCC(=O)N(Cc1ccc(F)cc1)C(C(=O)NCCc1ccccc1)c1ccccc1. The topological polar surface area (TPSA) is 49.4 Å². The van der Waals surface area contributed by atoms with Crippen molar-refractivity contribution in [2.24, 2.45) is 0 Å². The first-order valence-electron chi connectivity index (χ1n) is 11.0. The number of rotatable bonds is 10. The Kier molecular flexibility index (Phi) is 8.55. The van der Waals surface area contributed by atoms with Gasteiger partial charge in [0.2, 0.25) is 11.8 Å². The summed E-state index contributed by atoms with van der Waals surface area (Å²) in [6.07, 6.45) is 1.71. The van der Waals surface area contributed by atoms with Crippen LogP contribution in [0.25, 0.3) is 0 Å². The summed E-state index contributed by atoms with van der Waals surface area (Å²) in [6.45, 7) is 2.63. The van der Waals surface area contributed by atoms with Crippen LogP contribution in [0.3, 0.4) is 0 Å². The molecule has 0 spiro atoms. The average molecular weight is 433 g/mol. The van der Waals surface area contributed by atoms with E-state index >= 15 is 0 Å². The Labute approximate surface area is 189 Å². The van der Waals surface area contributed by atoms with Gasteiger partial charge in [-0.3, -0.25) is 9.59 Å². The van der Waals surface area contributed by atoms with Gasteiger partial charge in [0.25, 0.3) is 0 Å². The van der Waals surface area contributed by atoms with E-state index in [1.807, 2.05) is 67.6 Å². The fraction of sp³-hybridized carbons (Fsp3) is 0.259. The Hall–Kier alpha value is -3.47. The van der Waals surface area contributed by atoms with E-state index in [-0.39, 0.29) is 24.2 Å². The Morgan fingerprint density at radius 2 is 1.50 bits per heavy atom. The summed E-state index contributed by atoms with van der Waals surface area (Å²) in [6, 6.07) is 24.5. The second kappa shape index (κ2) is 11.8. The smallest absolute Gasteiger partial charge is 0.247 e. The highest BCUT2D eigenvalue weighted by molar-refractivity contribution is 5.88. The van der Waals surface area contributed by atoms with E-state index in [0.29, 0.717) is 25.8 Å². The number of carbonyl (C=O) groups is 2. The van der Waals surface area contributed by atoms with Crippen LogP contribution in [0.2, 0.25) is 0 Å². The third kappa shape index (κ3) is 6.51. The lowest BCUT2D eigenvalue weighted by atomic mass is 10.0. The fourth-order valence-corrected chi connectivity index (χ4v) is 3.65. The molecule has 1 atom stereocenters. The van der Waals surface area contributed by atoms with Crippen LogP contribution in [-0.4, -0.2) is 23.3 Å². The minimum Gasteiger partial charge on any atom is -0.354 e. The maximum atomic E-state index is 13.4. The molecule has 0 radical (unpaired) electrons. The van der Waals surface area contributed by atoms with Crippen LogP contribution >= 0.6 is 0 Å². The first-order chi connectivity index (χ1) is 15.6. The number of hydrogen-bond donors (Lipinski definition) is 1. The van der Waals surface area contributed by atoms with Gasteiger partial charge in [-0.05, 0) is 41.7 Å². The summed E-state index contributed by atoms with van der Waals surface area (Å²) in [7, 11) is 0. The molecule has 3 rings (SSSR count). The predicted octanol–water partition coefficient (Wildman–Crippen LogP) is 5.05. The zero-order valence-corrected chi connectivity index (χ0v) is 18.3. The van der Waals surface area contributed by atoms with Crippen LogP contribution in [0.4, 0.5) is 4.39 Å². The maximum absolute atomic E-state index is 13.4. The molecule has 166 valence electrons. The van der Waals surface area contributed by atoms with E-state index in [9.17, 15) is 14.0 Å². The number of benzene rings is 3. The second-order valence-electron chi connectivity index (χ2n) is 7.74. The van der Waals surface area contributed by atoms with Crippen LogP contribution in [0.5, 0.6) is 0 Å². The van der Waals surface area contributed by atoms with Gasteiger partial charge in [0.15, 0.2) is 0 Å². The van der Waals surface area contributed by atoms with E-state index in [4.69, 9.17) is 0 Å². The van der Waals surface area contributed by atoms with Gasteiger partial charge in [0.1, 0.15) is 11.9 Å². The van der Waals surface area contributed by atoms with E-state index in [2.05, 4.69) is 5.32 Å². The Bertz CT molecular complexity index is 991. The monoisotopic (exact) mass is 432 g/mol. The molecule has 4 nitrogen and oxygen atoms in total. The Morgan fingerprint density at radius 3 is 2.12 bits per heavy atom. The van der Waals surface area contributed by atoms with E-state index in [1.165, 1.54) is 12.1 Å². The maximum Gasteiger partial charge on any atom is 0.247 e. The van der Waals surface area contributed by atoms with Crippen molar-refractivity contribution in [1.82, 2.24) is 10.2 Å². The number of nitrogens with one attached hydrogen (secondary N) is 1. The molecular weight excluding hydrogens is 403 g/mol. The van der Waals surface area contributed by atoms with E-state index in [0.717, 1.165) is 16.7 Å². The lowest BCUT2D eigenvalue weighted by Crippen LogP contribution is -2.43. The Morgan fingerprint density at radius 1 is 0.875 bits per heavy atom. The van der Waals surface area contributed by atoms with Crippen molar-refractivity contribution in [1.29, 1.82) is 0 Å².